The number of likely N-dealkylation sites (tertiary alicyclic amines) is 1. The number of amides is 1. The normalized spacial score (nSPS) is 20.2. The van der Waals surface area contributed by atoms with Crippen LogP contribution in [0.25, 0.3) is 11.0 Å². The molecule has 0 spiro atoms. The number of hydrogen-bond acceptors (Lipinski definition) is 6. The molecule has 0 aliphatic carbocycles. The Labute approximate surface area is 168 Å². The summed E-state index contributed by atoms with van der Waals surface area (Å²) in [4.78, 5) is 19.7. The summed E-state index contributed by atoms with van der Waals surface area (Å²) in [5.74, 6) is 1.64. The van der Waals surface area contributed by atoms with Gasteiger partial charge in [-0.05, 0) is 50.8 Å². The van der Waals surface area contributed by atoms with Gasteiger partial charge >= 0.3 is 0 Å². The lowest BCUT2D eigenvalue weighted by Crippen LogP contribution is -2.40. The van der Waals surface area contributed by atoms with Crippen molar-refractivity contribution in [3.63, 3.8) is 0 Å². The van der Waals surface area contributed by atoms with E-state index >= 15 is 0 Å². The van der Waals surface area contributed by atoms with Gasteiger partial charge in [0, 0.05) is 30.9 Å². The van der Waals surface area contributed by atoms with Gasteiger partial charge < -0.3 is 9.88 Å². The molecule has 1 unspecified atom stereocenters. The van der Waals surface area contributed by atoms with Crippen molar-refractivity contribution in [2.24, 2.45) is 0 Å². The minimum absolute atomic E-state index is 0.00583. The molecule has 1 amide bonds. The molecular formula is C20H24N6OS. The predicted octanol–water partition coefficient (Wildman–Crippen LogP) is 3.04. The van der Waals surface area contributed by atoms with Crippen LogP contribution in [0.1, 0.15) is 43.1 Å². The smallest absolute Gasteiger partial charge is 0.238 e. The fraction of sp³-hybridized carbons (Fsp3) is 0.500. The summed E-state index contributed by atoms with van der Waals surface area (Å²) < 4.78 is 11.0. The minimum atomic E-state index is 0.00583. The molecule has 0 radical (unpaired) electrons. The van der Waals surface area contributed by atoms with Crippen molar-refractivity contribution >= 4 is 34.4 Å². The Hall–Kier alpha value is -2.32. The number of nitrogens with zero attached hydrogens (tertiary/aromatic N) is 5. The van der Waals surface area contributed by atoms with Crippen LogP contribution in [0, 0.1) is 0 Å². The summed E-state index contributed by atoms with van der Waals surface area (Å²) in [6, 6.07) is 5.70. The van der Waals surface area contributed by atoms with Crippen LogP contribution in [0.15, 0.2) is 24.4 Å². The summed E-state index contributed by atoms with van der Waals surface area (Å²) in [5.41, 5.74) is 3.71. The maximum absolute atomic E-state index is 12.7. The average Bonchev–Trinajstić information content (AvgIpc) is 3.36. The molecule has 2 aliphatic heterocycles. The lowest BCUT2D eigenvalue weighted by molar-refractivity contribution is -0.117. The first-order chi connectivity index (χ1) is 13.8. The monoisotopic (exact) mass is 396 g/mol. The fourth-order valence-corrected chi connectivity index (χ4v) is 5.05. The number of nitrogens with one attached hydrogen (secondary N) is 1. The van der Waals surface area contributed by atoms with Gasteiger partial charge in [-0.15, -0.1) is 0 Å². The Bertz CT molecular complexity index is 996. The van der Waals surface area contributed by atoms with E-state index < -0.39 is 0 Å². The molecule has 2 aliphatic rings. The molecule has 8 heteroatoms. The first-order valence-corrected chi connectivity index (χ1v) is 10.8. The predicted molar refractivity (Wildman–Crippen MR) is 110 cm³/mol. The van der Waals surface area contributed by atoms with Crippen LogP contribution in [0.2, 0.25) is 0 Å². The largest absolute Gasteiger partial charge is 0.332 e. The lowest BCUT2D eigenvalue weighted by Gasteiger charge is -2.32. The van der Waals surface area contributed by atoms with Gasteiger partial charge in [0.15, 0.2) is 0 Å². The Morgan fingerprint density at radius 1 is 1.21 bits per heavy atom. The van der Waals surface area contributed by atoms with Crippen LogP contribution in [0.3, 0.4) is 0 Å². The molecule has 0 bridgehead atoms. The molecule has 146 valence electrons. The van der Waals surface area contributed by atoms with Gasteiger partial charge in [0.05, 0.1) is 24.0 Å². The summed E-state index contributed by atoms with van der Waals surface area (Å²) in [6.07, 6.45) is 7.96. The molecule has 1 aromatic carbocycles. The topological polar surface area (TPSA) is 75.9 Å². The number of piperidine rings is 1. The van der Waals surface area contributed by atoms with Crippen molar-refractivity contribution in [1.29, 1.82) is 0 Å². The standard InChI is InChI=1S/C20H24N6OS/c27-18(22-16-7-3-8-17-19(16)24-28-23-17)13-25-9-4-5-14(12-25)20-21-11-15-6-1-2-10-26(15)20/h3,7-8,11,14H,1-2,4-6,9-10,12-13H2,(H,22,27). The van der Waals surface area contributed by atoms with Crippen LogP contribution in [-0.4, -0.2) is 48.7 Å². The second-order valence-corrected chi connectivity index (χ2v) is 8.30. The molecule has 4 heterocycles. The third-order valence-corrected chi connectivity index (χ3v) is 6.37. The van der Waals surface area contributed by atoms with Gasteiger partial charge in [-0.25, -0.2) is 4.98 Å². The number of benzene rings is 1. The van der Waals surface area contributed by atoms with Crippen molar-refractivity contribution in [2.75, 3.05) is 25.0 Å². The number of carbonyl (C=O) groups is 1. The summed E-state index contributed by atoms with van der Waals surface area (Å²) in [7, 11) is 0. The summed E-state index contributed by atoms with van der Waals surface area (Å²) >= 11 is 1.17. The van der Waals surface area contributed by atoms with Crippen LogP contribution >= 0.6 is 11.7 Å². The third-order valence-electron chi connectivity index (χ3n) is 5.83. The number of aromatic nitrogens is 4. The zero-order valence-corrected chi connectivity index (χ0v) is 16.6. The lowest BCUT2D eigenvalue weighted by atomic mass is 9.96. The van der Waals surface area contributed by atoms with Gasteiger partial charge in [0.2, 0.25) is 5.91 Å². The van der Waals surface area contributed by atoms with Gasteiger partial charge in [-0.1, -0.05) is 6.07 Å². The second-order valence-electron chi connectivity index (χ2n) is 7.78. The van der Waals surface area contributed by atoms with E-state index in [0.29, 0.717) is 12.5 Å². The van der Waals surface area contributed by atoms with E-state index in [4.69, 9.17) is 4.98 Å². The quantitative estimate of drug-likeness (QED) is 0.734. The molecule has 28 heavy (non-hydrogen) atoms. The van der Waals surface area contributed by atoms with E-state index in [-0.39, 0.29) is 5.91 Å². The minimum Gasteiger partial charge on any atom is -0.332 e. The van der Waals surface area contributed by atoms with Gasteiger partial charge in [0.25, 0.3) is 0 Å². The van der Waals surface area contributed by atoms with E-state index in [1.165, 1.54) is 36.1 Å². The molecule has 1 saturated heterocycles. The molecule has 1 atom stereocenters. The molecule has 3 aromatic rings. The molecule has 2 aromatic heterocycles. The van der Waals surface area contributed by atoms with Crippen molar-refractivity contribution in [3.8, 4) is 0 Å². The molecule has 0 saturated carbocycles. The number of imidazole rings is 1. The number of carbonyl (C=O) groups excluding carboxylic acids is 1. The maximum atomic E-state index is 12.7. The number of aryl methyl sites for hydroxylation is 1. The highest BCUT2D eigenvalue weighted by Gasteiger charge is 2.27. The third kappa shape index (κ3) is 3.42. The number of anilines is 1. The highest BCUT2D eigenvalue weighted by atomic mass is 32.1. The van der Waals surface area contributed by atoms with E-state index in [1.54, 1.807) is 0 Å². The van der Waals surface area contributed by atoms with E-state index in [0.717, 1.165) is 55.6 Å². The van der Waals surface area contributed by atoms with Crippen LogP contribution < -0.4 is 5.32 Å². The van der Waals surface area contributed by atoms with Crippen LogP contribution in [0.4, 0.5) is 5.69 Å². The Morgan fingerprint density at radius 3 is 3.14 bits per heavy atom. The van der Waals surface area contributed by atoms with Crippen molar-refractivity contribution in [1.82, 2.24) is 23.2 Å². The summed E-state index contributed by atoms with van der Waals surface area (Å²) in [6.45, 7) is 3.34. The molecule has 1 N–H and O–H groups in total. The average molecular weight is 397 g/mol. The maximum Gasteiger partial charge on any atom is 0.238 e. The number of fused-ring (bicyclic) bond motifs is 2. The second kappa shape index (κ2) is 7.60. The van der Waals surface area contributed by atoms with E-state index in [2.05, 4.69) is 29.7 Å². The zero-order chi connectivity index (χ0) is 18.9. The summed E-state index contributed by atoms with van der Waals surface area (Å²) in [5, 5.41) is 3.02. The van der Waals surface area contributed by atoms with Gasteiger partial charge in [-0.3, -0.25) is 9.69 Å². The van der Waals surface area contributed by atoms with Gasteiger partial charge in [0.1, 0.15) is 16.9 Å². The van der Waals surface area contributed by atoms with E-state index in [9.17, 15) is 4.79 Å². The van der Waals surface area contributed by atoms with Crippen LogP contribution in [0.5, 0.6) is 0 Å². The molecular weight excluding hydrogens is 372 g/mol. The Kier molecular flexibility index (Phi) is 4.82. The molecule has 1 fully saturated rings. The molecule has 7 nitrogen and oxygen atoms in total. The van der Waals surface area contributed by atoms with Crippen molar-refractivity contribution < 1.29 is 4.79 Å². The highest BCUT2D eigenvalue weighted by molar-refractivity contribution is 7.00. The number of rotatable bonds is 4. The SMILES string of the molecule is O=C(CN1CCCC(c2ncc3n2CCCC3)C1)Nc1cccc2nsnc12. The molecule has 5 rings (SSSR count). The van der Waals surface area contributed by atoms with Crippen LogP contribution in [-0.2, 0) is 17.8 Å². The Morgan fingerprint density at radius 2 is 2.18 bits per heavy atom. The highest BCUT2D eigenvalue weighted by Crippen LogP contribution is 2.29. The Balaban J connectivity index is 1.25. The van der Waals surface area contributed by atoms with Crippen molar-refractivity contribution in [2.45, 2.75) is 44.6 Å². The fourth-order valence-electron chi connectivity index (χ4n) is 4.50. The first-order valence-electron chi connectivity index (χ1n) is 10.1. The zero-order valence-electron chi connectivity index (χ0n) is 15.8. The number of hydrogen-bond donors (Lipinski definition) is 1. The first kappa shape index (κ1) is 17.8. The van der Waals surface area contributed by atoms with E-state index in [1.807, 2.05) is 18.2 Å². The van der Waals surface area contributed by atoms with Gasteiger partial charge in [-0.2, -0.15) is 8.75 Å². The van der Waals surface area contributed by atoms with Crippen molar-refractivity contribution in [3.05, 3.63) is 35.9 Å².